The fourth-order valence-corrected chi connectivity index (χ4v) is 5.12. The summed E-state index contributed by atoms with van der Waals surface area (Å²) in [6.07, 6.45) is 0.493. The van der Waals surface area contributed by atoms with Crippen LogP contribution in [0.1, 0.15) is 11.1 Å². The fourth-order valence-electron chi connectivity index (χ4n) is 5.12. The molecule has 2 aromatic heterocycles. The Bertz CT molecular complexity index is 1700. The van der Waals surface area contributed by atoms with Crippen LogP contribution in [-0.2, 0) is 17.7 Å². The second-order valence-electron chi connectivity index (χ2n) is 9.96. The van der Waals surface area contributed by atoms with E-state index in [-0.39, 0.29) is 40.4 Å². The molecule has 44 heavy (non-hydrogen) atoms. The predicted octanol–water partition coefficient (Wildman–Crippen LogP) is 3.95. The Balaban J connectivity index is 1.52. The number of aromatic nitrogens is 2. The quantitative estimate of drug-likeness (QED) is 0.278. The molecular formula is C31H33F2N5O6. The van der Waals surface area contributed by atoms with E-state index in [1.807, 2.05) is 12.1 Å². The van der Waals surface area contributed by atoms with Crippen molar-refractivity contribution in [1.29, 1.82) is 0 Å². The number of amides is 2. The average molecular weight is 610 g/mol. The van der Waals surface area contributed by atoms with Gasteiger partial charge in [-0.25, -0.2) is 18.6 Å². The highest BCUT2D eigenvalue weighted by Gasteiger charge is 2.27. The molecule has 0 aliphatic carbocycles. The Kier molecular flexibility index (Phi) is 9.44. The van der Waals surface area contributed by atoms with E-state index < -0.39 is 29.8 Å². The van der Waals surface area contributed by atoms with Gasteiger partial charge >= 0.3 is 6.03 Å². The Hall–Kier alpha value is -4.91. The molecule has 5 rings (SSSR count). The van der Waals surface area contributed by atoms with Crippen LogP contribution in [0.15, 0.2) is 53.3 Å². The van der Waals surface area contributed by atoms with Crippen LogP contribution in [0, 0.1) is 11.6 Å². The van der Waals surface area contributed by atoms with Crippen molar-refractivity contribution in [3.8, 4) is 17.4 Å². The summed E-state index contributed by atoms with van der Waals surface area (Å²) in [5, 5.41) is 5.65. The minimum Gasteiger partial charge on any atom is -0.493 e. The molecule has 0 unspecified atom stereocenters. The van der Waals surface area contributed by atoms with Gasteiger partial charge in [-0.15, -0.1) is 0 Å². The number of morpholine rings is 1. The monoisotopic (exact) mass is 609 g/mol. The molecule has 232 valence electrons. The van der Waals surface area contributed by atoms with Gasteiger partial charge in [0.05, 0.1) is 52.3 Å². The largest absolute Gasteiger partial charge is 0.493 e. The minimum absolute atomic E-state index is 0.133. The third kappa shape index (κ3) is 6.37. The zero-order valence-corrected chi connectivity index (χ0v) is 24.6. The lowest BCUT2D eigenvalue weighted by Gasteiger charge is -2.31. The Morgan fingerprint density at radius 3 is 2.39 bits per heavy atom. The number of pyridine rings is 2. The van der Waals surface area contributed by atoms with Crippen molar-refractivity contribution in [3.05, 3.63) is 81.6 Å². The number of benzene rings is 2. The molecule has 0 atom stereocenters. The van der Waals surface area contributed by atoms with Gasteiger partial charge in [0.25, 0.3) is 5.56 Å². The van der Waals surface area contributed by atoms with Gasteiger partial charge in [-0.2, -0.15) is 0 Å². The van der Waals surface area contributed by atoms with Gasteiger partial charge < -0.3 is 39.0 Å². The summed E-state index contributed by atoms with van der Waals surface area (Å²) in [6, 6.07) is 11.6. The summed E-state index contributed by atoms with van der Waals surface area (Å²) in [6.45, 7) is 1.29. The molecular weight excluding hydrogens is 576 g/mol. The first-order chi connectivity index (χ1) is 21.3. The number of methoxy groups -OCH3 is 3. The normalized spacial score (nSPS) is 13.1. The molecule has 1 saturated heterocycles. The maximum atomic E-state index is 14.7. The Morgan fingerprint density at radius 1 is 0.977 bits per heavy atom. The first-order valence-corrected chi connectivity index (χ1v) is 14.0. The molecule has 0 spiro atoms. The van der Waals surface area contributed by atoms with Gasteiger partial charge in [-0.3, -0.25) is 4.79 Å². The van der Waals surface area contributed by atoms with Crippen LogP contribution in [0.4, 0.5) is 25.0 Å². The van der Waals surface area contributed by atoms with Crippen molar-refractivity contribution in [2.24, 2.45) is 0 Å². The summed E-state index contributed by atoms with van der Waals surface area (Å²) in [7, 11) is 4.54. The molecule has 3 heterocycles. The van der Waals surface area contributed by atoms with E-state index in [1.54, 1.807) is 31.3 Å². The van der Waals surface area contributed by atoms with Crippen molar-refractivity contribution in [1.82, 2.24) is 14.9 Å². The molecule has 1 aliphatic rings. The molecule has 2 N–H and O–H groups in total. The van der Waals surface area contributed by atoms with Gasteiger partial charge in [-0.05, 0) is 42.3 Å². The Morgan fingerprint density at radius 2 is 1.70 bits per heavy atom. The summed E-state index contributed by atoms with van der Waals surface area (Å²) in [4.78, 5) is 33.8. The predicted molar refractivity (Wildman–Crippen MR) is 161 cm³/mol. The van der Waals surface area contributed by atoms with E-state index in [1.165, 1.54) is 23.8 Å². The number of carbonyl (C=O) groups is 1. The molecule has 2 aromatic carbocycles. The van der Waals surface area contributed by atoms with Crippen molar-refractivity contribution < 1.29 is 32.5 Å². The highest BCUT2D eigenvalue weighted by atomic mass is 19.1. The third-order valence-corrected chi connectivity index (χ3v) is 7.36. The maximum absolute atomic E-state index is 14.7. The van der Waals surface area contributed by atoms with E-state index in [2.05, 4.69) is 15.6 Å². The summed E-state index contributed by atoms with van der Waals surface area (Å²) >= 11 is 0. The van der Waals surface area contributed by atoms with Gasteiger partial charge in [0, 0.05) is 31.3 Å². The SMILES string of the molecule is COc1ccc2c(n1)c(NC(=O)NCCc1ccc(OC)c(OC)c1)c(N1CCOCC1)c(=O)n2Cc1c(F)cccc1F. The number of nitrogens with zero attached hydrogens (tertiary/aromatic N) is 3. The molecule has 0 bridgehead atoms. The fraction of sp³-hybridized carbons (Fsp3) is 0.323. The molecule has 1 aliphatic heterocycles. The van der Waals surface area contributed by atoms with Gasteiger partial charge in [0.2, 0.25) is 5.88 Å². The lowest BCUT2D eigenvalue weighted by Crippen LogP contribution is -2.42. The van der Waals surface area contributed by atoms with Crippen LogP contribution in [0.25, 0.3) is 11.0 Å². The number of hydrogen-bond donors (Lipinski definition) is 2. The third-order valence-electron chi connectivity index (χ3n) is 7.36. The van der Waals surface area contributed by atoms with E-state index in [0.29, 0.717) is 44.2 Å². The molecule has 4 aromatic rings. The molecule has 0 saturated carbocycles. The van der Waals surface area contributed by atoms with E-state index in [9.17, 15) is 18.4 Å². The van der Waals surface area contributed by atoms with Crippen molar-refractivity contribution in [3.63, 3.8) is 0 Å². The van der Waals surface area contributed by atoms with Crippen molar-refractivity contribution in [2.75, 3.05) is 64.4 Å². The van der Waals surface area contributed by atoms with Crippen LogP contribution in [-0.4, -0.2) is 69.8 Å². The van der Waals surface area contributed by atoms with Crippen molar-refractivity contribution >= 4 is 28.4 Å². The number of hydrogen-bond acceptors (Lipinski definition) is 8. The molecule has 11 nitrogen and oxygen atoms in total. The topological polar surface area (TPSA) is 116 Å². The molecule has 2 amide bonds. The highest BCUT2D eigenvalue weighted by molar-refractivity contribution is 6.04. The summed E-state index contributed by atoms with van der Waals surface area (Å²) < 4.78 is 52.2. The number of urea groups is 1. The second kappa shape index (κ2) is 13.6. The highest BCUT2D eigenvalue weighted by Crippen LogP contribution is 2.33. The second-order valence-corrected chi connectivity index (χ2v) is 9.96. The van der Waals surface area contributed by atoms with Crippen LogP contribution < -0.4 is 35.3 Å². The maximum Gasteiger partial charge on any atom is 0.319 e. The number of fused-ring (bicyclic) bond motifs is 1. The standard InChI is InChI=1S/C31H33F2N5O6/c1-41-24-9-7-19(17-25(24)42-2)11-12-34-31(40)36-28-27-23(8-10-26(35-27)43-3)38(18-20-21(32)5-4-6-22(20)33)30(39)29(28)37-13-15-44-16-14-37/h4-10,17H,11-16,18H2,1-3H3,(H2,34,36,40). The smallest absolute Gasteiger partial charge is 0.319 e. The van der Waals surface area contributed by atoms with Crippen molar-refractivity contribution in [2.45, 2.75) is 13.0 Å². The minimum atomic E-state index is -0.782. The molecule has 0 radical (unpaired) electrons. The molecule has 13 heteroatoms. The zero-order valence-electron chi connectivity index (χ0n) is 24.6. The van der Waals surface area contributed by atoms with Gasteiger partial charge in [0.1, 0.15) is 22.8 Å². The number of anilines is 2. The first kappa shape index (κ1) is 30.5. The van der Waals surface area contributed by atoms with Crippen LogP contribution >= 0.6 is 0 Å². The zero-order chi connectivity index (χ0) is 31.2. The van der Waals surface area contributed by atoms with Crippen LogP contribution in [0.5, 0.6) is 17.4 Å². The first-order valence-electron chi connectivity index (χ1n) is 14.0. The summed E-state index contributed by atoms with van der Waals surface area (Å²) in [5.41, 5.74) is 0.862. The van der Waals surface area contributed by atoms with Crippen LogP contribution in [0.3, 0.4) is 0 Å². The van der Waals surface area contributed by atoms with Gasteiger partial charge in [-0.1, -0.05) is 12.1 Å². The summed E-state index contributed by atoms with van der Waals surface area (Å²) in [5.74, 6) is -0.164. The molecule has 1 fully saturated rings. The lowest BCUT2D eigenvalue weighted by molar-refractivity contribution is 0.122. The van der Waals surface area contributed by atoms with E-state index in [4.69, 9.17) is 18.9 Å². The lowest BCUT2D eigenvalue weighted by atomic mass is 10.1. The number of nitrogens with one attached hydrogen (secondary N) is 2. The Labute approximate surface area is 252 Å². The van der Waals surface area contributed by atoms with Gasteiger partial charge in [0.15, 0.2) is 11.5 Å². The average Bonchev–Trinajstić information content (AvgIpc) is 3.04. The number of ether oxygens (including phenoxy) is 4. The van der Waals surface area contributed by atoms with E-state index >= 15 is 0 Å². The van der Waals surface area contributed by atoms with Crippen LogP contribution in [0.2, 0.25) is 0 Å². The number of carbonyl (C=O) groups excluding carboxylic acids is 1. The van der Waals surface area contributed by atoms with E-state index in [0.717, 1.165) is 17.7 Å². The number of halogens is 2. The number of rotatable bonds is 10.